The lowest BCUT2D eigenvalue weighted by Crippen LogP contribution is -2.43. The van der Waals surface area contributed by atoms with Crippen LogP contribution in [0.4, 0.5) is 17.2 Å². The van der Waals surface area contributed by atoms with Crippen LogP contribution in [0.2, 0.25) is 0 Å². The summed E-state index contributed by atoms with van der Waals surface area (Å²) in [5.74, 6) is 0.442. The van der Waals surface area contributed by atoms with Crippen molar-refractivity contribution in [2.45, 2.75) is 6.92 Å². The van der Waals surface area contributed by atoms with E-state index in [0.29, 0.717) is 11.4 Å². The number of nitrogens with zero attached hydrogens (tertiary/aromatic N) is 3. The van der Waals surface area contributed by atoms with Gasteiger partial charge < -0.3 is 25.2 Å². The van der Waals surface area contributed by atoms with E-state index >= 15 is 0 Å². The maximum absolute atomic E-state index is 12.7. The molecule has 4 rings (SSSR count). The highest BCUT2D eigenvalue weighted by Gasteiger charge is 2.16. The summed E-state index contributed by atoms with van der Waals surface area (Å²) in [6, 6.07) is 9.79. The molecule has 148 valence electrons. The molecule has 0 unspecified atom stereocenters. The number of carbonyl (C=O) groups excluding carboxylic acids is 1. The predicted octanol–water partition coefficient (Wildman–Crippen LogP) is 1.89. The van der Waals surface area contributed by atoms with E-state index in [-0.39, 0.29) is 5.91 Å². The highest BCUT2D eigenvalue weighted by molar-refractivity contribution is 6.04. The number of amides is 1. The Hall–Kier alpha value is -2.64. The first-order valence-corrected chi connectivity index (χ1v) is 9.87. The van der Waals surface area contributed by atoms with Crippen molar-refractivity contribution in [2.75, 3.05) is 67.6 Å². The predicted molar refractivity (Wildman–Crippen MR) is 111 cm³/mol. The molecule has 1 aromatic heterocycles. The summed E-state index contributed by atoms with van der Waals surface area (Å²) < 4.78 is 5.42. The quantitative estimate of drug-likeness (QED) is 0.843. The number of rotatable bonds is 4. The van der Waals surface area contributed by atoms with Crippen molar-refractivity contribution >= 4 is 23.1 Å². The van der Waals surface area contributed by atoms with Gasteiger partial charge in [-0.1, -0.05) is 0 Å². The Bertz CT molecular complexity index is 829. The molecule has 0 aliphatic carbocycles. The van der Waals surface area contributed by atoms with E-state index in [1.165, 1.54) is 5.69 Å². The second-order valence-corrected chi connectivity index (χ2v) is 7.19. The Morgan fingerprint density at radius 3 is 2.61 bits per heavy atom. The number of nitrogens with one attached hydrogen (secondary N) is 2. The molecular formula is C21H27N5O2. The van der Waals surface area contributed by atoms with Gasteiger partial charge in [-0.25, -0.2) is 4.98 Å². The third kappa shape index (κ3) is 4.26. The standard InChI is InChI=1S/C21H27N5O2/c1-16-14-17(2-3-19(16)26-10-12-28-13-11-26)21(27)24-20-15-18(4-5-23-20)25-8-6-22-7-9-25/h2-5,14-15,22H,6-13H2,1H3,(H,23,24,27). The van der Waals surface area contributed by atoms with Crippen LogP contribution in [0.3, 0.4) is 0 Å². The topological polar surface area (TPSA) is 69.7 Å². The number of hydrogen-bond acceptors (Lipinski definition) is 6. The van der Waals surface area contributed by atoms with Gasteiger partial charge in [-0.05, 0) is 36.8 Å². The Labute approximate surface area is 165 Å². The lowest BCUT2D eigenvalue weighted by atomic mass is 10.1. The summed E-state index contributed by atoms with van der Waals surface area (Å²) in [7, 11) is 0. The maximum Gasteiger partial charge on any atom is 0.256 e. The molecule has 2 aliphatic heterocycles. The van der Waals surface area contributed by atoms with Crippen molar-refractivity contribution in [3.05, 3.63) is 47.7 Å². The van der Waals surface area contributed by atoms with Crippen molar-refractivity contribution < 1.29 is 9.53 Å². The number of aryl methyl sites for hydroxylation is 1. The second kappa shape index (κ2) is 8.58. The first-order valence-electron chi connectivity index (χ1n) is 9.87. The third-order valence-electron chi connectivity index (χ3n) is 5.28. The van der Waals surface area contributed by atoms with Gasteiger partial charge in [0, 0.05) is 68.5 Å². The maximum atomic E-state index is 12.7. The number of benzene rings is 1. The zero-order chi connectivity index (χ0) is 19.3. The second-order valence-electron chi connectivity index (χ2n) is 7.19. The number of carbonyl (C=O) groups is 1. The van der Waals surface area contributed by atoms with Gasteiger partial charge >= 0.3 is 0 Å². The SMILES string of the molecule is Cc1cc(C(=O)Nc2cc(N3CCNCC3)ccn2)ccc1N1CCOCC1. The summed E-state index contributed by atoms with van der Waals surface area (Å²) in [6.07, 6.45) is 1.75. The van der Waals surface area contributed by atoms with E-state index in [1.54, 1.807) is 6.20 Å². The van der Waals surface area contributed by atoms with Gasteiger partial charge in [0.1, 0.15) is 5.82 Å². The summed E-state index contributed by atoms with van der Waals surface area (Å²) in [4.78, 5) is 21.7. The van der Waals surface area contributed by atoms with Crippen LogP contribution in [-0.2, 0) is 4.74 Å². The Morgan fingerprint density at radius 2 is 1.86 bits per heavy atom. The normalized spacial score (nSPS) is 17.5. The zero-order valence-electron chi connectivity index (χ0n) is 16.3. The van der Waals surface area contributed by atoms with Crippen LogP contribution >= 0.6 is 0 Å². The molecular weight excluding hydrogens is 354 g/mol. The molecule has 2 aliphatic rings. The minimum Gasteiger partial charge on any atom is -0.378 e. The van der Waals surface area contributed by atoms with Crippen molar-refractivity contribution in [1.29, 1.82) is 0 Å². The lowest BCUT2D eigenvalue weighted by Gasteiger charge is -2.30. The van der Waals surface area contributed by atoms with Gasteiger partial charge in [0.15, 0.2) is 0 Å². The molecule has 7 heteroatoms. The number of hydrogen-bond donors (Lipinski definition) is 2. The van der Waals surface area contributed by atoms with Crippen molar-refractivity contribution in [2.24, 2.45) is 0 Å². The van der Waals surface area contributed by atoms with E-state index in [2.05, 4.69) is 25.4 Å². The Morgan fingerprint density at radius 1 is 1.07 bits per heavy atom. The van der Waals surface area contributed by atoms with Crippen molar-refractivity contribution in [3.63, 3.8) is 0 Å². The van der Waals surface area contributed by atoms with Crippen LogP contribution in [0.25, 0.3) is 0 Å². The van der Waals surface area contributed by atoms with E-state index in [4.69, 9.17) is 4.74 Å². The summed E-state index contributed by atoms with van der Waals surface area (Å²) in [6.45, 7) is 9.17. The average Bonchev–Trinajstić information content (AvgIpc) is 2.75. The van der Waals surface area contributed by atoms with Gasteiger partial charge in [-0.2, -0.15) is 0 Å². The highest BCUT2D eigenvalue weighted by atomic mass is 16.5. The average molecular weight is 381 g/mol. The molecule has 1 aromatic carbocycles. The van der Waals surface area contributed by atoms with E-state index in [9.17, 15) is 4.79 Å². The number of anilines is 3. The third-order valence-corrected chi connectivity index (χ3v) is 5.28. The van der Waals surface area contributed by atoms with Gasteiger partial charge in [0.2, 0.25) is 0 Å². The van der Waals surface area contributed by atoms with Crippen molar-refractivity contribution in [1.82, 2.24) is 10.3 Å². The summed E-state index contributed by atoms with van der Waals surface area (Å²) in [5.41, 5.74) is 3.99. The highest BCUT2D eigenvalue weighted by Crippen LogP contribution is 2.23. The molecule has 0 atom stereocenters. The first-order chi connectivity index (χ1) is 13.7. The fraction of sp³-hybridized carbons (Fsp3) is 0.429. The molecule has 0 radical (unpaired) electrons. The van der Waals surface area contributed by atoms with E-state index in [1.807, 2.05) is 37.3 Å². The Kier molecular flexibility index (Phi) is 5.73. The van der Waals surface area contributed by atoms with Gasteiger partial charge in [0.05, 0.1) is 13.2 Å². The smallest absolute Gasteiger partial charge is 0.256 e. The molecule has 2 aromatic rings. The monoisotopic (exact) mass is 381 g/mol. The molecule has 0 bridgehead atoms. The molecule has 28 heavy (non-hydrogen) atoms. The van der Waals surface area contributed by atoms with Gasteiger partial charge in [0.25, 0.3) is 5.91 Å². The zero-order valence-corrected chi connectivity index (χ0v) is 16.3. The van der Waals surface area contributed by atoms with Crippen LogP contribution in [0.5, 0.6) is 0 Å². The number of aromatic nitrogens is 1. The number of piperazine rings is 1. The summed E-state index contributed by atoms with van der Waals surface area (Å²) >= 11 is 0. The first kappa shape index (κ1) is 18.7. The summed E-state index contributed by atoms with van der Waals surface area (Å²) in [5, 5.41) is 6.29. The number of morpholine rings is 1. The van der Waals surface area contributed by atoms with Crippen LogP contribution < -0.4 is 20.4 Å². The van der Waals surface area contributed by atoms with E-state index in [0.717, 1.165) is 63.7 Å². The van der Waals surface area contributed by atoms with Crippen LogP contribution in [0, 0.1) is 6.92 Å². The minimum absolute atomic E-state index is 0.137. The molecule has 0 saturated carbocycles. The molecule has 1 amide bonds. The minimum atomic E-state index is -0.137. The lowest BCUT2D eigenvalue weighted by molar-refractivity contribution is 0.102. The number of pyridine rings is 1. The Balaban J connectivity index is 1.45. The molecule has 0 spiro atoms. The number of ether oxygens (including phenoxy) is 1. The molecule has 2 N–H and O–H groups in total. The van der Waals surface area contributed by atoms with Crippen LogP contribution in [-0.4, -0.2) is 63.4 Å². The van der Waals surface area contributed by atoms with Gasteiger partial charge in [-0.3, -0.25) is 4.79 Å². The fourth-order valence-electron chi connectivity index (χ4n) is 3.75. The molecule has 2 fully saturated rings. The van der Waals surface area contributed by atoms with E-state index < -0.39 is 0 Å². The molecule has 2 saturated heterocycles. The van der Waals surface area contributed by atoms with Crippen molar-refractivity contribution in [3.8, 4) is 0 Å². The fourth-order valence-corrected chi connectivity index (χ4v) is 3.75. The van der Waals surface area contributed by atoms with Gasteiger partial charge in [-0.15, -0.1) is 0 Å². The molecule has 7 nitrogen and oxygen atoms in total. The van der Waals surface area contributed by atoms with Crippen LogP contribution in [0.15, 0.2) is 36.5 Å². The largest absolute Gasteiger partial charge is 0.378 e. The van der Waals surface area contributed by atoms with Crippen LogP contribution in [0.1, 0.15) is 15.9 Å². The molecule has 3 heterocycles.